The summed E-state index contributed by atoms with van der Waals surface area (Å²) in [7, 11) is 0. The number of benzene rings is 1. The summed E-state index contributed by atoms with van der Waals surface area (Å²) in [4.78, 5) is 25.9. The standard InChI is InChI=1S/C15H16FN3O3/c16-10-4-2-9(3-5-10)13-12-11(17-15(22)18-13)8-19(14(12)21)6-1-7-20/h2-5,13,20H,1,6-8H2,(H2,17,18,22)/t13-/m1/s1. The summed E-state index contributed by atoms with van der Waals surface area (Å²) in [5.74, 6) is -0.550. The van der Waals surface area contributed by atoms with Crippen molar-refractivity contribution in [3.05, 3.63) is 46.9 Å². The van der Waals surface area contributed by atoms with E-state index >= 15 is 0 Å². The minimum absolute atomic E-state index is 0.000443. The monoisotopic (exact) mass is 305 g/mol. The van der Waals surface area contributed by atoms with Crippen molar-refractivity contribution in [1.29, 1.82) is 0 Å². The molecule has 2 aliphatic heterocycles. The Morgan fingerprint density at radius 1 is 1.27 bits per heavy atom. The number of hydrogen-bond donors (Lipinski definition) is 3. The molecular formula is C15H16FN3O3. The first-order valence-electron chi connectivity index (χ1n) is 7.06. The van der Waals surface area contributed by atoms with Crippen LogP contribution < -0.4 is 10.6 Å². The van der Waals surface area contributed by atoms with Gasteiger partial charge in [-0.15, -0.1) is 0 Å². The second-order valence-corrected chi connectivity index (χ2v) is 5.28. The fourth-order valence-electron chi connectivity index (χ4n) is 2.78. The van der Waals surface area contributed by atoms with E-state index in [1.807, 2.05) is 0 Å². The van der Waals surface area contributed by atoms with Crippen LogP contribution in [-0.2, 0) is 4.79 Å². The normalized spacial score (nSPS) is 20.8. The number of carbonyl (C=O) groups excluding carboxylic acids is 2. The Kier molecular flexibility index (Phi) is 3.81. The van der Waals surface area contributed by atoms with E-state index in [1.165, 1.54) is 12.1 Å². The molecule has 116 valence electrons. The third-order valence-electron chi connectivity index (χ3n) is 3.81. The van der Waals surface area contributed by atoms with Crippen molar-refractivity contribution < 1.29 is 19.1 Å². The Bertz CT molecular complexity index is 642. The maximum absolute atomic E-state index is 13.1. The lowest BCUT2D eigenvalue weighted by molar-refractivity contribution is -0.125. The van der Waals surface area contributed by atoms with Gasteiger partial charge in [0.1, 0.15) is 5.82 Å². The summed E-state index contributed by atoms with van der Waals surface area (Å²) >= 11 is 0. The number of carbonyl (C=O) groups is 2. The number of aliphatic hydroxyl groups is 1. The highest BCUT2D eigenvalue weighted by molar-refractivity contribution is 6.01. The summed E-state index contributed by atoms with van der Waals surface area (Å²) < 4.78 is 13.1. The zero-order chi connectivity index (χ0) is 15.7. The molecule has 3 amide bonds. The Morgan fingerprint density at radius 3 is 2.68 bits per heavy atom. The van der Waals surface area contributed by atoms with Gasteiger partial charge in [-0.2, -0.15) is 0 Å². The number of urea groups is 1. The molecule has 0 spiro atoms. The molecule has 0 unspecified atom stereocenters. The molecule has 22 heavy (non-hydrogen) atoms. The first-order valence-corrected chi connectivity index (χ1v) is 7.06. The van der Waals surface area contributed by atoms with Crippen LogP contribution in [0.4, 0.5) is 9.18 Å². The summed E-state index contributed by atoms with van der Waals surface area (Å²) in [5, 5.41) is 14.3. The first kappa shape index (κ1) is 14.5. The van der Waals surface area contributed by atoms with Crippen molar-refractivity contribution in [1.82, 2.24) is 15.5 Å². The van der Waals surface area contributed by atoms with Gasteiger partial charge in [0.2, 0.25) is 0 Å². The lowest BCUT2D eigenvalue weighted by Crippen LogP contribution is -2.44. The van der Waals surface area contributed by atoms with Gasteiger partial charge in [0.05, 0.1) is 23.9 Å². The Morgan fingerprint density at radius 2 is 2.00 bits per heavy atom. The highest BCUT2D eigenvalue weighted by Gasteiger charge is 2.39. The molecule has 0 saturated carbocycles. The van der Waals surface area contributed by atoms with E-state index < -0.39 is 6.04 Å². The van der Waals surface area contributed by atoms with Crippen LogP contribution in [0.25, 0.3) is 0 Å². The van der Waals surface area contributed by atoms with E-state index in [4.69, 9.17) is 5.11 Å². The van der Waals surface area contributed by atoms with Crippen LogP contribution in [0.5, 0.6) is 0 Å². The smallest absolute Gasteiger partial charge is 0.319 e. The SMILES string of the molecule is O=C1NC2=C(C(=O)N(CCCO)C2)[C@@H](c2ccc(F)cc2)N1. The van der Waals surface area contributed by atoms with E-state index in [1.54, 1.807) is 17.0 Å². The van der Waals surface area contributed by atoms with Gasteiger partial charge in [-0.25, -0.2) is 9.18 Å². The summed E-state index contributed by atoms with van der Waals surface area (Å²) in [6, 6.07) is 4.74. The van der Waals surface area contributed by atoms with Crippen LogP contribution in [0, 0.1) is 5.82 Å². The molecule has 3 N–H and O–H groups in total. The van der Waals surface area contributed by atoms with Gasteiger partial charge < -0.3 is 20.6 Å². The van der Waals surface area contributed by atoms with Gasteiger partial charge in [0, 0.05) is 13.2 Å². The quantitative estimate of drug-likeness (QED) is 0.764. The van der Waals surface area contributed by atoms with Crippen LogP contribution in [0.3, 0.4) is 0 Å². The van der Waals surface area contributed by atoms with Crippen LogP contribution >= 0.6 is 0 Å². The Balaban J connectivity index is 1.90. The molecule has 1 atom stereocenters. The number of halogens is 1. The first-order chi connectivity index (χ1) is 10.6. The van der Waals surface area contributed by atoms with E-state index in [9.17, 15) is 14.0 Å². The predicted octanol–water partition coefficient (Wildman–Crippen LogP) is 0.658. The molecule has 1 aromatic rings. The molecule has 7 heteroatoms. The van der Waals surface area contributed by atoms with Gasteiger partial charge in [0.25, 0.3) is 5.91 Å². The average Bonchev–Trinajstić information content (AvgIpc) is 2.81. The Hall–Kier alpha value is -2.41. The molecule has 6 nitrogen and oxygen atoms in total. The van der Waals surface area contributed by atoms with Gasteiger partial charge >= 0.3 is 6.03 Å². The average molecular weight is 305 g/mol. The second-order valence-electron chi connectivity index (χ2n) is 5.28. The minimum Gasteiger partial charge on any atom is -0.396 e. The molecule has 2 heterocycles. The molecular weight excluding hydrogens is 289 g/mol. The van der Waals surface area contributed by atoms with Crippen molar-refractivity contribution >= 4 is 11.9 Å². The third-order valence-corrected chi connectivity index (χ3v) is 3.81. The van der Waals surface area contributed by atoms with E-state index in [-0.39, 0.29) is 24.4 Å². The van der Waals surface area contributed by atoms with Crippen molar-refractivity contribution in [3.63, 3.8) is 0 Å². The number of hydrogen-bond acceptors (Lipinski definition) is 3. The number of nitrogens with zero attached hydrogens (tertiary/aromatic N) is 1. The van der Waals surface area contributed by atoms with Crippen LogP contribution in [-0.4, -0.2) is 41.6 Å². The van der Waals surface area contributed by atoms with E-state index in [2.05, 4.69) is 10.6 Å². The molecule has 0 radical (unpaired) electrons. The number of rotatable bonds is 4. The zero-order valence-corrected chi connectivity index (χ0v) is 11.8. The third kappa shape index (κ3) is 2.55. The minimum atomic E-state index is -0.587. The second kappa shape index (κ2) is 5.76. The fourth-order valence-corrected chi connectivity index (χ4v) is 2.78. The summed E-state index contributed by atoms with van der Waals surface area (Å²) in [6.45, 7) is 0.744. The molecule has 3 rings (SSSR count). The molecule has 0 fully saturated rings. The zero-order valence-electron chi connectivity index (χ0n) is 11.8. The molecule has 1 aromatic carbocycles. The lowest BCUT2D eigenvalue weighted by Gasteiger charge is -2.25. The molecule has 0 aromatic heterocycles. The number of amides is 3. The van der Waals surface area contributed by atoms with Crippen molar-refractivity contribution in [3.8, 4) is 0 Å². The maximum atomic E-state index is 13.1. The van der Waals surface area contributed by atoms with Gasteiger partial charge in [-0.3, -0.25) is 4.79 Å². The molecule has 0 bridgehead atoms. The largest absolute Gasteiger partial charge is 0.396 e. The number of nitrogens with one attached hydrogen (secondary N) is 2. The van der Waals surface area contributed by atoms with Crippen molar-refractivity contribution in [2.75, 3.05) is 19.7 Å². The van der Waals surface area contributed by atoms with Gasteiger partial charge in [0.15, 0.2) is 0 Å². The lowest BCUT2D eigenvalue weighted by atomic mass is 9.96. The molecule has 0 aliphatic carbocycles. The fraction of sp³-hybridized carbons (Fsp3) is 0.333. The summed E-state index contributed by atoms with van der Waals surface area (Å²) in [5.41, 5.74) is 1.70. The van der Waals surface area contributed by atoms with Crippen molar-refractivity contribution in [2.24, 2.45) is 0 Å². The highest BCUT2D eigenvalue weighted by atomic mass is 19.1. The number of aliphatic hydroxyl groups excluding tert-OH is 1. The maximum Gasteiger partial charge on any atom is 0.319 e. The highest BCUT2D eigenvalue weighted by Crippen LogP contribution is 2.32. The van der Waals surface area contributed by atoms with Crippen LogP contribution in [0.2, 0.25) is 0 Å². The van der Waals surface area contributed by atoms with Crippen LogP contribution in [0.1, 0.15) is 18.0 Å². The van der Waals surface area contributed by atoms with Gasteiger partial charge in [-0.05, 0) is 24.1 Å². The van der Waals surface area contributed by atoms with Gasteiger partial charge in [-0.1, -0.05) is 12.1 Å². The predicted molar refractivity (Wildman–Crippen MR) is 76.1 cm³/mol. The topological polar surface area (TPSA) is 81.7 Å². The molecule has 0 saturated heterocycles. The van der Waals surface area contributed by atoms with E-state index in [0.717, 1.165) is 0 Å². The van der Waals surface area contributed by atoms with Crippen molar-refractivity contribution in [2.45, 2.75) is 12.5 Å². The molecule has 2 aliphatic rings. The van der Waals surface area contributed by atoms with E-state index in [0.29, 0.717) is 36.3 Å². The summed E-state index contributed by atoms with van der Waals surface area (Å²) in [6.07, 6.45) is 0.481. The Labute approximate surface area is 126 Å². The van der Waals surface area contributed by atoms with Crippen LogP contribution in [0.15, 0.2) is 35.5 Å².